The molecule has 218 valence electrons. The molecule has 0 N–H and O–H groups in total. The fraction of sp³-hybridized carbons (Fsp3) is 0.500. The number of carbonyl (C=O) groups is 1. The summed E-state index contributed by atoms with van der Waals surface area (Å²) < 4.78 is 13.9. The number of hydrogen-bond acceptors (Lipinski definition) is 7. The Balaban J connectivity index is 1.70. The summed E-state index contributed by atoms with van der Waals surface area (Å²) in [7, 11) is -1.84. The summed E-state index contributed by atoms with van der Waals surface area (Å²) in [6.07, 6.45) is 0.0731. The highest BCUT2D eigenvalue weighted by molar-refractivity contribution is 7.15. The molecular weight excluding hydrogens is 549 g/mol. The van der Waals surface area contributed by atoms with Gasteiger partial charge in [-0.25, -0.2) is 0 Å². The summed E-state index contributed by atoms with van der Waals surface area (Å²) in [4.78, 5) is 19.3. The zero-order valence-corrected chi connectivity index (χ0v) is 28.0. The summed E-state index contributed by atoms with van der Waals surface area (Å²) >= 11 is 1.69. The lowest BCUT2D eigenvalue weighted by molar-refractivity contribution is -0.155. The van der Waals surface area contributed by atoms with E-state index in [1.165, 1.54) is 4.88 Å². The van der Waals surface area contributed by atoms with Crippen molar-refractivity contribution in [2.24, 2.45) is 4.99 Å². The van der Waals surface area contributed by atoms with Gasteiger partial charge < -0.3 is 9.16 Å². The van der Waals surface area contributed by atoms with Gasteiger partial charge >= 0.3 is 5.97 Å². The highest BCUT2D eigenvalue weighted by Gasteiger charge is 2.37. The predicted octanol–water partition coefficient (Wildman–Crippen LogP) is 7.25. The molecule has 1 aliphatic heterocycles. The topological polar surface area (TPSA) is 78.6 Å². The first-order chi connectivity index (χ1) is 19.0. The molecule has 3 aromatic rings. The molecule has 4 rings (SSSR count). The number of fused-ring (bicyclic) bond motifs is 3. The van der Waals surface area contributed by atoms with Crippen LogP contribution in [-0.2, 0) is 14.0 Å². The number of aryl methyl sites for hydroxylation is 2. The minimum Gasteiger partial charge on any atom is -0.460 e. The Morgan fingerprint density at radius 1 is 1.05 bits per heavy atom. The quantitative estimate of drug-likeness (QED) is 0.178. The van der Waals surface area contributed by atoms with Crippen LogP contribution in [-0.4, -0.2) is 47.0 Å². The van der Waals surface area contributed by atoms with E-state index in [2.05, 4.69) is 81.9 Å². The fourth-order valence-electron chi connectivity index (χ4n) is 4.35. The zero-order valence-electron chi connectivity index (χ0n) is 26.2. The summed E-state index contributed by atoms with van der Waals surface area (Å²) in [5, 5.41) is 10.0. The van der Waals surface area contributed by atoms with Crippen molar-refractivity contribution in [3.63, 3.8) is 0 Å². The second-order valence-corrected chi connectivity index (χ2v) is 19.1. The minimum absolute atomic E-state index is 0.0731. The van der Waals surface area contributed by atoms with Gasteiger partial charge in [0.25, 0.3) is 0 Å². The number of esters is 1. The van der Waals surface area contributed by atoms with Crippen LogP contribution in [0.5, 0.6) is 0 Å². The maximum absolute atomic E-state index is 12.9. The van der Waals surface area contributed by atoms with Crippen LogP contribution in [0.3, 0.4) is 0 Å². The van der Waals surface area contributed by atoms with Crippen molar-refractivity contribution in [2.75, 3.05) is 6.61 Å². The zero-order chi connectivity index (χ0) is 30.3. The third-order valence-electron chi connectivity index (χ3n) is 7.72. The maximum Gasteiger partial charge on any atom is 0.308 e. The summed E-state index contributed by atoms with van der Waals surface area (Å²) in [6.45, 7) is 23.4. The van der Waals surface area contributed by atoms with E-state index in [1.807, 2.05) is 44.4 Å². The van der Waals surface area contributed by atoms with E-state index in [0.717, 1.165) is 38.8 Å². The molecule has 0 spiro atoms. The molecule has 41 heavy (non-hydrogen) atoms. The smallest absolute Gasteiger partial charge is 0.308 e. The molecule has 1 aromatic carbocycles. The molecule has 0 fully saturated rings. The number of aromatic nitrogens is 3. The van der Waals surface area contributed by atoms with Crippen LogP contribution in [0.2, 0.25) is 18.1 Å². The van der Waals surface area contributed by atoms with Crippen LogP contribution in [0.15, 0.2) is 29.3 Å². The van der Waals surface area contributed by atoms with E-state index in [9.17, 15) is 4.79 Å². The number of aliphatic imine (C=N–C) groups is 1. The molecule has 0 aliphatic carbocycles. The van der Waals surface area contributed by atoms with Gasteiger partial charge in [-0.1, -0.05) is 44.7 Å². The van der Waals surface area contributed by atoms with E-state index >= 15 is 0 Å². The molecule has 9 heteroatoms. The van der Waals surface area contributed by atoms with Gasteiger partial charge in [-0.3, -0.25) is 14.4 Å². The SMILES string of the molecule is Cc1sc2c(c1C)C(c1ccc(C#CCO[Si](C)(C)C(C)(C)C)cc1)=N[C@@H](CC(=O)OC(C)(C)C)c1nnc(C)n1-2. The summed E-state index contributed by atoms with van der Waals surface area (Å²) in [6, 6.07) is 7.61. The van der Waals surface area contributed by atoms with Crippen molar-refractivity contribution >= 4 is 31.3 Å². The van der Waals surface area contributed by atoms with Crippen molar-refractivity contribution in [1.29, 1.82) is 0 Å². The molecular formula is C32H42N4O3SSi. The van der Waals surface area contributed by atoms with Crippen LogP contribution < -0.4 is 0 Å². The van der Waals surface area contributed by atoms with Crippen molar-refractivity contribution in [2.45, 2.75) is 98.5 Å². The second kappa shape index (κ2) is 11.3. The molecule has 0 bridgehead atoms. The molecule has 0 saturated carbocycles. The third-order valence-corrected chi connectivity index (χ3v) is 13.4. The van der Waals surface area contributed by atoms with E-state index in [1.54, 1.807) is 11.3 Å². The van der Waals surface area contributed by atoms with Crippen LogP contribution in [0.1, 0.15) is 92.8 Å². The molecule has 1 atom stereocenters. The van der Waals surface area contributed by atoms with Crippen LogP contribution in [0.25, 0.3) is 5.00 Å². The molecule has 0 unspecified atom stereocenters. The van der Waals surface area contributed by atoms with Crippen molar-refractivity contribution < 1.29 is 14.0 Å². The average Bonchev–Trinajstić information content (AvgIpc) is 3.32. The summed E-state index contributed by atoms with van der Waals surface area (Å²) in [5.41, 5.74) is 4.33. The number of carbonyl (C=O) groups excluding carboxylic acids is 1. The lowest BCUT2D eigenvalue weighted by Crippen LogP contribution is -2.40. The molecule has 0 saturated heterocycles. The van der Waals surface area contributed by atoms with Gasteiger partial charge in [-0.05, 0) is 77.4 Å². The second-order valence-electron chi connectivity index (χ2n) is 13.1. The van der Waals surface area contributed by atoms with Gasteiger partial charge in [0.05, 0.1) is 18.7 Å². The van der Waals surface area contributed by atoms with Crippen molar-refractivity contribution in [3.8, 4) is 16.8 Å². The number of nitrogens with zero attached hydrogens (tertiary/aromatic N) is 4. The Labute approximate surface area is 249 Å². The summed E-state index contributed by atoms with van der Waals surface area (Å²) in [5.74, 6) is 7.53. The predicted molar refractivity (Wildman–Crippen MR) is 169 cm³/mol. The van der Waals surface area contributed by atoms with Crippen LogP contribution >= 0.6 is 11.3 Å². The van der Waals surface area contributed by atoms with E-state index in [0.29, 0.717) is 12.4 Å². The molecule has 0 radical (unpaired) electrons. The van der Waals surface area contributed by atoms with Crippen molar-refractivity contribution in [3.05, 3.63) is 63.0 Å². The van der Waals surface area contributed by atoms with E-state index in [4.69, 9.17) is 14.2 Å². The fourth-order valence-corrected chi connectivity index (χ4v) is 6.43. The number of ether oxygens (including phenoxy) is 1. The highest BCUT2D eigenvalue weighted by Crippen LogP contribution is 2.40. The van der Waals surface area contributed by atoms with Gasteiger partial charge in [-0.2, -0.15) is 0 Å². The Hall–Kier alpha value is -3.06. The Bertz CT molecular complexity index is 1540. The van der Waals surface area contributed by atoms with Gasteiger partial charge in [-0.15, -0.1) is 21.5 Å². The monoisotopic (exact) mass is 590 g/mol. The third kappa shape index (κ3) is 6.72. The van der Waals surface area contributed by atoms with Crippen LogP contribution in [0, 0.1) is 32.6 Å². The first-order valence-corrected chi connectivity index (χ1v) is 17.8. The van der Waals surface area contributed by atoms with Gasteiger partial charge in [0.2, 0.25) is 0 Å². The lowest BCUT2D eigenvalue weighted by Gasteiger charge is -2.35. The molecule has 7 nitrogen and oxygen atoms in total. The van der Waals surface area contributed by atoms with Gasteiger partial charge in [0, 0.05) is 21.6 Å². The van der Waals surface area contributed by atoms with Gasteiger partial charge in [0.1, 0.15) is 22.5 Å². The maximum atomic E-state index is 12.9. The standard InChI is InChI=1S/C32H42N4O3SSi/c1-20-21(2)40-30-27(20)28(24-16-14-23(15-17-24)13-12-18-38-41(10,11)32(7,8)9)33-25(19-26(37)39-31(4,5)6)29-35-34-22(3)36(29)30/h14-17,25H,18-19H2,1-11H3/t25-/m0/s1. The first kappa shape index (κ1) is 30.9. The largest absolute Gasteiger partial charge is 0.460 e. The Kier molecular flexibility index (Phi) is 8.52. The van der Waals surface area contributed by atoms with Crippen LogP contribution in [0.4, 0.5) is 0 Å². The number of rotatable bonds is 5. The first-order valence-electron chi connectivity index (χ1n) is 14.0. The minimum atomic E-state index is -1.84. The number of benzene rings is 1. The normalized spacial score (nSPS) is 15.3. The Morgan fingerprint density at radius 3 is 2.32 bits per heavy atom. The van der Waals surface area contributed by atoms with Crippen molar-refractivity contribution in [1.82, 2.24) is 14.8 Å². The average molecular weight is 591 g/mol. The molecule has 2 aromatic heterocycles. The van der Waals surface area contributed by atoms with E-state index in [-0.39, 0.29) is 17.4 Å². The Morgan fingerprint density at radius 2 is 1.71 bits per heavy atom. The highest BCUT2D eigenvalue weighted by atomic mass is 32.1. The van der Waals surface area contributed by atoms with Gasteiger partial charge in [0.15, 0.2) is 14.1 Å². The molecule has 3 heterocycles. The molecule has 0 amide bonds. The molecule has 1 aliphatic rings. The number of hydrogen-bond donors (Lipinski definition) is 0. The van der Waals surface area contributed by atoms with E-state index < -0.39 is 20.0 Å². The number of thiophene rings is 1. The lowest BCUT2D eigenvalue weighted by atomic mass is 9.98.